The second kappa shape index (κ2) is 4.85. The maximum atomic E-state index is 6.05. The van der Waals surface area contributed by atoms with Crippen molar-refractivity contribution in [3.05, 3.63) is 24.6 Å². The maximum absolute atomic E-state index is 6.05. The Morgan fingerprint density at radius 3 is 3.21 bits per heavy atom. The van der Waals surface area contributed by atoms with E-state index < -0.39 is 0 Å². The van der Waals surface area contributed by atoms with Crippen LogP contribution in [0.5, 0.6) is 0 Å². The van der Waals surface area contributed by atoms with E-state index in [1.165, 1.54) is 12.8 Å². The Balaban J connectivity index is 1.92. The third-order valence-electron chi connectivity index (χ3n) is 4.25. The average molecular weight is 259 g/mol. The summed E-state index contributed by atoms with van der Waals surface area (Å²) in [5.74, 6) is 1.61. The van der Waals surface area contributed by atoms with Gasteiger partial charge in [0.1, 0.15) is 11.4 Å². The van der Waals surface area contributed by atoms with Gasteiger partial charge in [-0.05, 0) is 30.9 Å². The lowest BCUT2D eigenvalue weighted by atomic mass is 9.76. The van der Waals surface area contributed by atoms with Gasteiger partial charge in [0, 0.05) is 12.7 Å². The van der Waals surface area contributed by atoms with Crippen molar-refractivity contribution in [3.8, 4) is 0 Å². The quantitative estimate of drug-likeness (QED) is 0.888. The molecule has 0 saturated heterocycles. The zero-order valence-electron chi connectivity index (χ0n) is 11.4. The van der Waals surface area contributed by atoms with Gasteiger partial charge in [-0.25, -0.2) is 4.98 Å². The van der Waals surface area contributed by atoms with Gasteiger partial charge in [0.05, 0.1) is 17.2 Å². The zero-order chi connectivity index (χ0) is 13.3. The number of nitrogens with zero attached hydrogens (tertiary/aromatic N) is 1. The van der Waals surface area contributed by atoms with Crippen LogP contribution in [0, 0.1) is 5.92 Å². The first-order valence-electron chi connectivity index (χ1n) is 7.03. The van der Waals surface area contributed by atoms with Crippen LogP contribution in [0.2, 0.25) is 0 Å². The number of hydrogen-bond acceptors (Lipinski definition) is 4. The standard InChI is InChI=1S/C15H21N3O/c1-11-3-2-6-15(9-11,10-16)18-14-12-5-8-19-13(12)4-7-17-14/h4-5,7-8,11H,2-3,6,9-10,16H2,1H3,(H,17,18). The predicted octanol–water partition coefficient (Wildman–Crippen LogP) is 3.15. The normalized spacial score (nSPS) is 27.6. The molecule has 4 nitrogen and oxygen atoms in total. The topological polar surface area (TPSA) is 64.1 Å². The van der Waals surface area contributed by atoms with Gasteiger partial charge in [-0.15, -0.1) is 0 Å². The fourth-order valence-electron chi connectivity index (χ4n) is 3.26. The first kappa shape index (κ1) is 12.5. The number of nitrogens with two attached hydrogens (primary N) is 1. The van der Waals surface area contributed by atoms with Crippen molar-refractivity contribution in [3.63, 3.8) is 0 Å². The van der Waals surface area contributed by atoms with Crippen molar-refractivity contribution < 1.29 is 4.42 Å². The van der Waals surface area contributed by atoms with E-state index in [4.69, 9.17) is 10.2 Å². The van der Waals surface area contributed by atoms with Gasteiger partial charge in [0.25, 0.3) is 0 Å². The van der Waals surface area contributed by atoms with Gasteiger partial charge >= 0.3 is 0 Å². The second-order valence-electron chi connectivity index (χ2n) is 5.80. The van der Waals surface area contributed by atoms with E-state index in [0.29, 0.717) is 12.5 Å². The van der Waals surface area contributed by atoms with Crippen LogP contribution in [0.1, 0.15) is 32.6 Å². The summed E-state index contributed by atoms with van der Waals surface area (Å²) in [6.07, 6.45) is 8.24. The highest BCUT2D eigenvalue weighted by atomic mass is 16.3. The molecule has 0 aromatic carbocycles. The fraction of sp³-hybridized carbons (Fsp3) is 0.533. The van der Waals surface area contributed by atoms with E-state index in [1.54, 1.807) is 12.5 Å². The first-order valence-corrected chi connectivity index (χ1v) is 7.03. The second-order valence-corrected chi connectivity index (χ2v) is 5.80. The van der Waals surface area contributed by atoms with Gasteiger partial charge < -0.3 is 15.5 Å². The summed E-state index contributed by atoms with van der Waals surface area (Å²) in [5.41, 5.74) is 6.91. The Bertz CT molecular complexity index is 565. The molecule has 0 radical (unpaired) electrons. The zero-order valence-corrected chi connectivity index (χ0v) is 11.4. The predicted molar refractivity (Wildman–Crippen MR) is 77.0 cm³/mol. The molecule has 2 aromatic heterocycles. The van der Waals surface area contributed by atoms with E-state index in [-0.39, 0.29) is 5.54 Å². The van der Waals surface area contributed by atoms with Crippen molar-refractivity contribution in [1.82, 2.24) is 4.98 Å². The maximum Gasteiger partial charge on any atom is 0.139 e. The largest absolute Gasteiger partial charge is 0.464 e. The molecule has 2 aromatic rings. The van der Waals surface area contributed by atoms with Crippen LogP contribution in [-0.4, -0.2) is 17.1 Å². The van der Waals surface area contributed by atoms with E-state index in [1.807, 2.05) is 12.1 Å². The minimum absolute atomic E-state index is 0.0176. The van der Waals surface area contributed by atoms with Gasteiger partial charge in [0.2, 0.25) is 0 Å². The van der Waals surface area contributed by atoms with Crippen LogP contribution >= 0.6 is 0 Å². The molecule has 2 atom stereocenters. The third kappa shape index (κ3) is 2.32. The Hall–Kier alpha value is -1.55. The monoisotopic (exact) mass is 259 g/mol. The molecule has 0 aliphatic heterocycles. The summed E-state index contributed by atoms with van der Waals surface area (Å²) in [5, 5.41) is 4.64. The van der Waals surface area contributed by atoms with Crippen LogP contribution in [-0.2, 0) is 0 Å². The van der Waals surface area contributed by atoms with Gasteiger partial charge in [-0.1, -0.05) is 19.8 Å². The minimum Gasteiger partial charge on any atom is -0.464 e. The fourth-order valence-corrected chi connectivity index (χ4v) is 3.26. The first-order chi connectivity index (χ1) is 9.22. The Morgan fingerprint density at radius 2 is 2.42 bits per heavy atom. The van der Waals surface area contributed by atoms with E-state index >= 15 is 0 Å². The van der Waals surface area contributed by atoms with Gasteiger partial charge in [-0.2, -0.15) is 0 Å². The summed E-state index contributed by atoms with van der Waals surface area (Å²) in [7, 11) is 0. The molecule has 102 valence electrons. The molecule has 2 heterocycles. The van der Waals surface area contributed by atoms with Crippen LogP contribution < -0.4 is 11.1 Å². The minimum atomic E-state index is -0.0176. The number of furan rings is 1. The van der Waals surface area contributed by atoms with Crippen LogP contribution in [0.3, 0.4) is 0 Å². The van der Waals surface area contributed by atoms with Gasteiger partial charge in [-0.3, -0.25) is 0 Å². The highest BCUT2D eigenvalue weighted by Crippen LogP contribution is 2.35. The molecular formula is C15H21N3O. The molecule has 0 spiro atoms. The number of aromatic nitrogens is 1. The molecule has 1 aliphatic rings. The number of fused-ring (bicyclic) bond motifs is 1. The van der Waals surface area contributed by atoms with Gasteiger partial charge in [0.15, 0.2) is 0 Å². The number of pyridine rings is 1. The number of hydrogen-bond donors (Lipinski definition) is 2. The highest BCUT2D eigenvalue weighted by molar-refractivity contribution is 5.88. The Kier molecular flexibility index (Phi) is 3.19. The smallest absolute Gasteiger partial charge is 0.139 e. The third-order valence-corrected chi connectivity index (χ3v) is 4.25. The summed E-state index contributed by atoms with van der Waals surface area (Å²) >= 11 is 0. The van der Waals surface area contributed by atoms with E-state index in [2.05, 4.69) is 17.2 Å². The lowest BCUT2D eigenvalue weighted by Crippen LogP contribution is -2.48. The van der Waals surface area contributed by atoms with Crippen molar-refractivity contribution in [2.45, 2.75) is 38.1 Å². The van der Waals surface area contributed by atoms with E-state index in [9.17, 15) is 0 Å². The Morgan fingerprint density at radius 1 is 1.53 bits per heavy atom. The molecule has 2 unspecified atom stereocenters. The molecule has 3 N–H and O–H groups in total. The highest BCUT2D eigenvalue weighted by Gasteiger charge is 2.34. The lowest BCUT2D eigenvalue weighted by Gasteiger charge is -2.40. The molecule has 4 heteroatoms. The van der Waals surface area contributed by atoms with Crippen molar-refractivity contribution in [2.24, 2.45) is 11.7 Å². The average Bonchev–Trinajstić information content (AvgIpc) is 2.88. The summed E-state index contributed by atoms with van der Waals surface area (Å²) < 4.78 is 5.42. The van der Waals surface area contributed by atoms with Crippen molar-refractivity contribution in [1.29, 1.82) is 0 Å². The van der Waals surface area contributed by atoms with Crippen LogP contribution in [0.4, 0.5) is 5.82 Å². The molecule has 1 saturated carbocycles. The summed E-state index contributed by atoms with van der Waals surface area (Å²) in [6, 6.07) is 3.85. The summed E-state index contributed by atoms with van der Waals surface area (Å²) in [6.45, 7) is 2.95. The molecule has 1 fully saturated rings. The molecular weight excluding hydrogens is 238 g/mol. The molecule has 1 aliphatic carbocycles. The number of nitrogens with one attached hydrogen (secondary N) is 1. The van der Waals surface area contributed by atoms with Crippen molar-refractivity contribution >= 4 is 16.8 Å². The molecule has 3 rings (SSSR count). The molecule has 19 heavy (non-hydrogen) atoms. The summed E-state index contributed by atoms with van der Waals surface area (Å²) in [4.78, 5) is 4.46. The SMILES string of the molecule is CC1CCCC(CN)(Nc2nccc3occc23)C1. The molecule has 0 bridgehead atoms. The Labute approximate surface area is 113 Å². The lowest BCUT2D eigenvalue weighted by molar-refractivity contribution is 0.263. The van der Waals surface area contributed by atoms with Crippen LogP contribution in [0.25, 0.3) is 11.0 Å². The number of anilines is 1. The molecule has 0 amide bonds. The van der Waals surface area contributed by atoms with E-state index in [0.717, 1.165) is 29.6 Å². The number of rotatable bonds is 3. The van der Waals surface area contributed by atoms with Crippen LogP contribution in [0.15, 0.2) is 29.0 Å². The van der Waals surface area contributed by atoms with Crippen molar-refractivity contribution in [2.75, 3.05) is 11.9 Å².